The molecule has 2 heterocycles. The van der Waals surface area contributed by atoms with Gasteiger partial charge in [-0.3, -0.25) is 0 Å². The number of benzene rings is 1. The van der Waals surface area contributed by atoms with Crippen LogP contribution in [0.4, 0.5) is 0 Å². The zero-order valence-corrected chi connectivity index (χ0v) is 21.8. The molecule has 0 amide bonds. The molecule has 0 saturated heterocycles. The molecule has 1 aliphatic heterocycles. The number of hydrogen-bond acceptors (Lipinski definition) is 8. The standard InChI is InChI=1S/C23H27BrN2O4S2/c1-12(2)16-10-5-13(3)11-17(16)29-22-19(18(24)21(27)30-22)31-23-26-25-20(32-23)14-6-8-15(28-4)9-7-14/h6-9,12-13,16-17,22H,5,10-11H2,1-4H3/t13-,16+,17-,22+/m1/s1. The van der Waals surface area contributed by atoms with Crippen LogP contribution in [-0.2, 0) is 14.3 Å². The van der Waals surface area contributed by atoms with Crippen molar-refractivity contribution in [3.05, 3.63) is 33.7 Å². The Labute approximate surface area is 205 Å². The summed E-state index contributed by atoms with van der Waals surface area (Å²) in [5, 5.41) is 9.44. The highest BCUT2D eigenvalue weighted by molar-refractivity contribution is 9.12. The molecule has 4 atom stereocenters. The van der Waals surface area contributed by atoms with Crippen LogP contribution in [0.25, 0.3) is 10.6 Å². The predicted molar refractivity (Wildman–Crippen MR) is 130 cm³/mol. The summed E-state index contributed by atoms with van der Waals surface area (Å²) in [6.45, 7) is 6.74. The highest BCUT2D eigenvalue weighted by Crippen LogP contribution is 2.44. The monoisotopic (exact) mass is 538 g/mol. The van der Waals surface area contributed by atoms with Gasteiger partial charge in [0.2, 0.25) is 6.29 Å². The SMILES string of the molecule is COc1ccc(-c2nnc(SC3=C(Br)C(=O)O[C@@H]3O[C@@H]3C[C@H](C)CC[C@H]3C(C)C)s2)cc1. The molecule has 1 saturated carbocycles. The zero-order chi connectivity index (χ0) is 22.8. The second-order valence-corrected chi connectivity index (χ2v) is 11.7. The molecule has 172 valence electrons. The Morgan fingerprint density at radius 2 is 1.97 bits per heavy atom. The van der Waals surface area contributed by atoms with Crippen LogP contribution in [0.15, 0.2) is 38.0 Å². The molecule has 4 rings (SSSR count). The van der Waals surface area contributed by atoms with Crippen molar-refractivity contribution in [3.63, 3.8) is 0 Å². The van der Waals surface area contributed by atoms with Gasteiger partial charge in [-0.15, -0.1) is 10.2 Å². The molecule has 0 unspecified atom stereocenters. The minimum Gasteiger partial charge on any atom is -0.497 e. The number of esters is 1. The minimum absolute atomic E-state index is 0.0647. The molecule has 1 aromatic heterocycles. The number of aromatic nitrogens is 2. The van der Waals surface area contributed by atoms with Crippen molar-refractivity contribution in [1.82, 2.24) is 10.2 Å². The third kappa shape index (κ3) is 5.21. The molecule has 2 aromatic rings. The van der Waals surface area contributed by atoms with Gasteiger partial charge in [0.15, 0.2) is 4.34 Å². The van der Waals surface area contributed by atoms with Gasteiger partial charge in [0.05, 0.1) is 18.1 Å². The van der Waals surface area contributed by atoms with Crippen molar-refractivity contribution in [2.24, 2.45) is 17.8 Å². The van der Waals surface area contributed by atoms with Gasteiger partial charge in [-0.25, -0.2) is 4.79 Å². The molecule has 0 radical (unpaired) electrons. The largest absolute Gasteiger partial charge is 0.497 e. The second-order valence-electron chi connectivity index (χ2n) is 8.62. The second kappa shape index (κ2) is 10.2. The summed E-state index contributed by atoms with van der Waals surface area (Å²) in [7, 11) is 1.64. The maximum atomic E-state index is 12.3. The number of nitrogens with zero attached hydrogens (tertiary/aromatic N) is 2. The maximum absolute atomic E-state index is 12.3. The summed E-state index contributed by atoms with van der Waals surface area (Å²) in [5.74, 6) is 1.97. The van der Waals surface area contributed by atoms with Crippen LogP contribution in [-0.4, -0.2) is 35.7 Å². The van der Waals surface area contributed by atoms with Gasteiger partial charge in [0.1, 0.15) is 15.2 Å². The summed E-state index contributed by atoms with van der Waals surface area (Å²) < 4.78 is 18.4. The number of hydrogen-bond donors (Lipinski definition) is 0. The van der Waals surface area contributed by atoms with Crippen LogP contribution < -0.4 is 4.74 Å². The van der Waals surface area contributed by atoms with Crippen LogP contribution >= 0.6 is 39.0 Å². The summed E-state index contributed by atoms with van der Waals surface area (Å²) in [6, 6.07) is 7.69. The first-order valence-corrected chi connectivity index (χ1v) is 13.2. The van der Waals surface area contributed by atoms with Gasteiger partial charge in [-0.2, -0.15) is 0 Å². The van der Waals surface area contributed by atoms with Gasteiger partial charge in [0.25, 0.3) is 0 Å². The lowest BCUT2D eigenvalue weighted by Gasteiger charge is -2.38. The Hall–Kier alpha value is -1.42. The zero-order valence-electron chi connectivity index (χ0n) is 18.5. The van der Waals surface area contributed by atoms with E-state index >= 15 is 0 Å². The first kappa shape index (κ1) is 23.7. The van der Waals surface area contributed by atoms with E-state index in [0.29, 0.717) is 27.1 Å². The van der Waals surface area contributed by atoms with Crippen molar-refractivity contribution in [2.45, 2.75) is 56.8 Å². The number of carbonyl (C=O) groups is 1. The van der Waals surface area contributed by atoms with Crippen molar-refractivity contribution >= 4 is 45.0 Å². The average Bonchev–Trinajstić information content (AvgIpc) is 3.34. The van der Waals surface area contributed by atoms with Crippen molar-refractivity contribution in [1.29, 1.82) is 0 Å². The Bertz CT molecular complexity index is 992. The fraction of sp³-hybridized carbons (Fsp3) is 0.522. The minimum atomic E-state index is -0.716. The molecular weight excluding hydrogens is 512 g/mol. The molecule has 1 fully saturated rings. The molecule has 6 nitrogen and oxygen atoms in total. The van der Waals surface area contributed by atoms with E-state index in [-0.39, 0.29) is 6.10 Å². The Morgan fingerprint density at radius 3 is 2.66 bits per heavy atom. The lowest BCUT2D eigenvalue weighted by atomic mass is 9.75. The van der Waals surface area contributed by atoms with Gasteiger partial charge in [0, 0.05) is 5.56 Å². The van der Waals surface area contributed by atoms with Crippen LogP contribution in [0.1, 0.15) is 40.0 Å². The predicted octanol–water partition coefficient (Wildman–Crippen LogP) is 6.27. The summed E-state index contributed by atoms with van der Waals surface area (Å²) >= 11 is 6.24. The van der Waals surface area contributed by atoms with Gasteiger partial charge in [-0.1, -0.05) is 50.3 Å². The smallest absolute Gasteiger partial charge is 0.348 e. The van der Waals surface area contributed by atoms with E-state index in [1.54, 1.807) is 7.11 Å². The van der Waals surface area contributed by atoms with Crippen LogP contribution in [0.3, 0.4) is 0 Å². The molecule has 32 heavy (non-hydrogen) atoms. The fourth-order valence-corrected chi connectivity index (χ4v) is 6.64. The van der Waals surface area contributed by atoms with Crippen LogP contribution in [0.2, 0.25) is 0 Å². The maximum Gasteiger partial charge on any atom is 0.348 e. The number of thioether (sulfide) groups is 1. The third-order valence-corrected chi connectivity index (χ3v) is 9.18. The molecule has 9 heteroatoms. The molecule has 1 aromatic carbocycles. The van der Waals surface area contributed by atoms with E-state index in [2.05, 4.69) is 46.9 Å². The summed E-state index contributed by atoms with van der Waals surface area (Å²) in [6.07, 6.45) is 2.68. The topological polar surface area (TPSA) is 70.5 Å². The van der Waals surface area contributed by atoms with Gasteiger partial charge < -0.3 is 14.2 Å². The molecule has 1 aliphatic carbocycles. The lowest BCUT2D eigenvalue weighted by molar-refractivity contribution is -0.179. The third-order valence-electron chi connectivity index (χ3n) is 6.02. The van der Waals surface area contributed by atoms with Crippen LogP contribution in [0, 0.1) is 17.8 Å². The Kier molecular flexibility index (Phi) is 7.59. The highest BCUT2D eigenvalue weighted by Gasteiger charge is 2.40. The van der Waals surface area contributed by atoms with E-state index < -0.39 is 12.3 Å². The number of halogens is 1. The Balaban J connectivity index is 1.50. The number of rotatable bonds is 7. The molecule has 0 N–H and O–H groups in total. The fourth-order valence-electron chi connectivity index (χ4n) is 4.21. The van der Waals surface area contributed by atoms with Crippen molar-refractivity contribution in [3.8, 4) is 16.3 Å². The molecule has 0 spiro atoms. The van der Waals surface area contributed by atoms with E-state index in [1.807, 2.05) is 24.3 Å². The van der Waals surface area contributed by atoms with E-state index in [4.69, 9.17) is 14.2 Å². The van der Waals surface area contributed by atoms with Crippen LogP contribution in [0.5, 0.6) is 5.75 Å². The van der Waals surface area contributed by atoms with Crippen molar-refractivity contribution < 1.29 is 19.0 Å². The van der Waals surface area contributed by atoms with E-state index in [1.165, 1.54) is 29.5 Å². The number of carbonyl (C=O) groups excluding carboxylic acids is 1. The van der Waals surface area contributed by atoms with Gasteiger partial charge >= 0.3 is 5.97 Å². The number of ether oxygens (including phenoxy) is 3. The average molecular weight is 540 g/mol. The number of methoxy groups -OCH3 is 1. The first-order chi connectivity index (χ1) is 15.4. The Morgan fingerprint density at radius 1 is 1.22 bits per heavy atom. The number of cyclic esters (lactones) is 1. The normalized spacial score (nSPS) is 26.0. The van der Waals surface area contributed by atoms with Crippen molar-refractivity contribution in [2.75, 3.05) is 7.11 Å². The lowest BCUT2D eigenvalue weighted by Crippen LogP contribution is -2.37. The molecule has 0 bridgehead atoms. The quantitative estimate of drug-likeness (QED) is 0.384. The summed E-state index contributed by atoms with van der Waals surface area (Å²) in [4.78, 5) is 13.0. The summed E-state index contributed by atoms with van der Waals surface area (Å²) in [5.41, 5.74) is 0.964. The van der Waals surface area contributed by atoms with Gasteiger partial charge in [-0.05, 0) is 70.8 Å². The highest BCUT2D eigenvalue weighted by atomic mass is 79.9. The van der Waals surface area contributed by atoms with E-state index in [9.17, 15) is 4.79 Å². The molecular formula is C23H27BrN2O4S2. The molecule has 2 aliphatic rings. The first-order valence-electron chi connectivity index (χ1n) is 10.8. The van der Waals surface area contributed by atoms with E-state index in [0.717, 1.165) is 33.5 Å².